The Labute approximate surface area is 122 Å². The summed E-state index contributed by atoms with van der Waals surface area (Å²) < 4.78 is 51.9. The summed E-state index contributed by atoms with van der Waals surface area (Å²) in [6.07, 6.45) is -2.38. The van der Waals surface area contributed by atoms with Crippen LogP contribution in [-0.2, 0) is 12.6 Å². The molecule has 2 aromatic rings. The molecule has 1 aliphatic rings. The molecule has 0 amide bonds. The first-order chi connectivity index (χ1) is 9.84. The fraction of sp³-hybridized carbons (Fsp3) is 0.357. The zero-order valence-electron chi connectivity index (χ0n) is 10.9. The molecule has 2 N–H and O–H groups in total. The van der Waals surface area contributed by atoms with E-state index in [1.54, 1.807) is 0 Å². The third-order valence-electron chi connectivity index (χ3n) is 3.43. The third-order valence-corrected chi connectivity index (χ3v) is 4.33. The van der Waals surface area contributed by atoms with Gasteiger partial charge in [0.25, 0.3) is 0 Å². The number of thiazole rings is 1. The van der Waals surface area contributed by atoms with Crippen molar-refractivity contribution in [3.05, 3.63) is 45.7 Å². The summed E-state index contributed by atoms with van der Waals surface area (Å²) in [5.74, 6) is -0.320. The van der Waals surface area contributed by atoms with Gasteiger partial charge in [0, 0.05) is 17.2 Å². The van der Waals surface area contributed by atoms with E-state index in [-0.39, 0.29) is 12.0 Å². The van der Waals surface area contributed by atoms with E-state index < -0.39 is 17.6 Å². The Kier molecular flexibility index (Phi) is 3.39. The van der Waals surface area contributed by atoms with Crippen molar-refractivity contribution in [1.82, 2.24) is 4.98 Å². The zero-order chi connectivity index (χ0) is 15.2. The van der Waals surface area contributed by atoms with Gasteiger partial charge >= 0.3 is 6.18 Å². The first-order valence-electron chi connectivity index (χ1n) is 6.45. The van der Waals surface area contributed by atoms with Crippen molar-refractivity contribution in [2.45, 2.75) is 31.4 Å². The standard InChI is InChI=1S/C14H12F4N2S/c15-10-4-3-9(14(16,17)18)5-8(10)6-11-12(7-1-2-7)20-13(19)21-11/h3-5,7H,1-2,6H2,(H2,19,20). The molecule has 21 heavy (non-hydrogen) atoms. The largest absolute Gasteiger partial charge is 0.416 e. The van der Waals surface area contributed by atoms with Crippen molar-refractivity contribution in [2.24, 2.45) is 0 Å². The first kappa shape index (κ1) is 14.3. The molecule has 1 aromatic heterocycles. The molecule has 2 nitrogen and oxygen atoms in total. The van der Waals surface area contributed by atoms with Crippen LogP contribution in [0, 0.1) is 5.82 Å². The first-order valence-corrected chi connectivity index (χ1v) is 7.27. The second-order valence-corrected chi connectivity index (χ2v) is 6.23. The Morgan fingerprint density at radius 3 is 2.62 bits per heavy atom. The Bertz CT molecular complexity index is 674. The number of nitrogens with two attached hydrogens (primary N) is 1. The lowest BCUT2D eigenvalue weighted by atomic mass is 10.0. The lowest BCUT2D eigenvalue weighted by Crippen LogP contribution is -2.06. The van der Waals surface area contributed by atoms with Crippen molar-refractivity contribution < 1.29 is 17.6 Å². The quantitative estimate of drug-likeness (QED) is 0.855. The molecule has 0 radical (unpaired) electrons. The number of aromatic nitrogens is 1. The molecule has 0 aliphatic heterocycles. The zero-order valence-corrected chi connectivity index (χ0v) is 11.7. The summed E-state index contributed by atoms with van der Waals surface area (Å²) in [7, 11) is 0. The molecule has 0 spiro atoms. The normalized spacial score (nSPS) is 15.4. The van der Waals surface area contributed by atoms with Crippen LogP contribution in [0.4, 0.5) is 22.7 Å². The molecule has 0 unspecified atom stereocenters. The van der Waals surface area contributed by atoms with Gasteiger partial charge in [-0.15, -0.1) is 11.3 Å². The van der Waals surface area contributed by atoms with Gasteiger partial charge in [-0.3, -0.25) is 0 Å². The van der Waals surface area contributed by atoms with Crippen LogP contribution in [-0.4, -0.2) is 4.98 Å². The number of anilines is 1. The highest BCUT2D eigenvalue weighted by Gasteiger charge is 2.32. The molecule has 0 atom stereocenters. The van der Waals surface area contributed by atoms with Crippen molar-refractivity contribution in [1.29, 1.82) is 0 Å². The van der Waals surface area contributed by atoms with Crippen LogP contribution in [0.3, 0.4) is 0 Å². The average Bonchev–Trinajstić information content (AvgIpc) is 3.15. The maximum atomic E-state index is 13.8. The predicted octanol–water partition coefficient (Wildman–Crippen LogP) is 4.35. The Balaban J connectivity index is 1.94. The Morgan fingerprint density at radius 2 is 2.00 bits per heavy atom. The monoisotopic (exact) mass is 316 g/mol. The van der Waals surface area contributed by atoms with Gasteiger partial charge in [-0.2, -0.15) is 13.2 Å². The van der Waals surface area contributed by atoms with Gasteiger partial charge in [-0.05, 0) is 36.6 Å². The molecule has 1 heterocycles. The van der Waals surface area contributed by atoms with Crippen LogP contribution < -0.4 is 5.73 Å². The second-order valence-electron chi connectivity index (χ2n) is 5.12. The van der Waals surface area contributed by atoms with E-state index in [2.05, 4.69) is 4.98 Å². The van der Waals surface area contributed by atoms with Crippen LogP contribution in [0.2, 0.25) is 0 Å². The molecule has 3 rings (SSSR count). The van der Waals surface area contributed by atoms with Crippen molar-refractivity contribution in [2.75, 3.05) is 5.73 Å². The number of nitrogens with zero attached hydrogens (tertiary/aromatic N) is 1. The van der Waals surface area contributed by atoms with E-state index in [9.17, 15) is 17.6 Å². The number of alkyl halides is 3. The maximum absolute atomic E-state index is 13.8. The van der Waals surface area contributed by atoms with Gasteiger partial charge < -0.3 is 5.73 Å². The predicted molar refractivity (Wildman–Crippen MR) is 72.7 cm³/mol. The summed E-state index contributed by atoms with van der Waals surface area (Å²) in [6.45, 7) is 0. The van der Waals surface area contributed by atoms with E-state index in [0.29, 0.717) is 11.0 Å². The minimum atomic E-state index is -4.48. The van der Waals surface area contributed by atoms with Crippen molar-refractivity contribution >= 4 is 16.5 Å². The molecule has 0 saturated heterocycles. The SMILES string of the molecule is Nc1nc(C2CC2)c(Cc2cc(C(F)(F)F)ccc2F)s1. The van der Waals surface area contributed by atoms with E-state index in [0.717, 1.165) is 41.6 Å². The fourth-order valence-corrected chi connectivity index (χ4v) is 3.19. The van der Waals surface area contributed by atoms with Gasteiger partial charge in [0.1, 0.15) is 5.82 Å². The van der Waals surface area contributed by atoms with E-state index >= 15 is 0 Å². The van der Waals surface area contributed by atoms with Crippen LogP contribution in [0.25, 0.3) is 0 Å². The molecule has 1 saturated carbocycles. The number of rotatable bonds is 3. The number of halogens is 4. The maximum Gasteiger partial charge on any atom is 0.416 e. The highest BCUT2D eigenvalue weighted by atomic mass is 32.1. The number of benzene rings is 1. The van der Waals surface area contributed by atoms with Crippen LogP contribution in [0.5, 0.6) is 0 Å². The lowest BCUT2D eigenvalue weighted by Gasteiger charge is -2.09. The lowest BCUT2D eigenvalue weighted by molar-refractivity contribution is -0.137. The summed E-state index contributed by atoms with van der Waals surface area (Å²) in [5.41, 5.74) is 5.66. The third kappa shape index (κ3) is 3.02. The summed E-state index contributed by atoms with van der Waals surface area (Å²) in [5, 5.41) is 0.374. The summed E-state index contributed by atoms with van der Waals surface area (Å²) >= 11 is 1.22. The fourth-order valence-electron chi connectivity index (χ4n) is 2.24. The van der Waals surface area contributed by atoms with Gasteiger partial charge in [0.05, 0.1) is 11.3 Å². The Hall–Kier alpha value is -1.63. The summed E-state index contributed by atoms with van der Waals surface area (Å²) in [4.78, 5) is 4.98. The van der Waals surface area contributed by atoms with Crippen LogP contribution in [0.15, 0.2) is 18.2 Å². The number of hydrogen-bond donors (Lipinski definition) is 1. The van der Waals surface area contributed by atoms with Crippen LogP contribution >= 0.6 is 11.3 Å². The molecular weight excluding hydrogens is 304 g/mol. The average molecular weight is 316 g/mol. The van der Waals surface area contributed by atoms with Gasteiger partial charge in [-0.25, -0.2) is 9.37 Å². The van der Waals surface area contributed by atoms with Crippen molar-refractivity contribution in [3.63, 3.8) is 0 Å². The topological polar surface area (TPSA) is 38.9 Å². The molecule has 1 aromatic carbocycles. The van der Waals surface area contributed by atoms with E-state index in [1.165, 1.54) is 11.3 Å². The molecule has 0 bridgehead atoms. The molecule has 7 heteroatoms. The highest BCUT2D eigenvalue weighted by Crippen LogP contribution is 2.44. The van der Waals surface area contributed by atoms with E-state index in [1.807, 2.05) is 0 Å². The van der Waals surface area contributed by atoms with Gasteiger partial charge in [0.15, 0.2) is 5.13 Å². The van der Waals surface area contributed by atoms with Gasteiger partial charge in [0.2, 0.25) is 0 Å². The molecule has 112 valence electrons. The van der Waals surface area contributed by atoms with E-state index in [4.69, 9.17) is 5.73 Å². The minimum absolute atomic E-state index is 0.0235. The Morgan fingerprint density at radius 1 is 1.29 bits per heavy atom. The van der Waals surface area contributed by atoms with Crippen LogP contribution in [0.1, 0.15) is 40.5 Å². The smallest absolute Gasteiger partial charge is 0.375 e. The van der Waals surface area contributed by atoms with Gasteiger partial charge in [-0.1, -0.05) is 0 Å². The minimum Gasteiger partial charge on any atom is -0.375 e. The summed E-state index contributed by atoms with van der Waals surface area (Å²) in [6, 6.07) is 2.48. The second kappa shape index (κ2) is 4.98. The van der Waals surface area contributed by atoms with Crippen molar-refractivity contribution in [3.8, 4) is 0 Å². The highest BCUT2D eigenvalue weighted by molar-refractivity contribution is 7.15. The number of nitrogen functional groups attached to an aromatic ring is 1. The molecule has 1 fully saturated rings. The molecular formula is C14H12F4N2S. The number of hydrogen-bond acceptors (Lipinski definition) is 3. The molecule has 1 aliphatic carbocycles.